The van der Waals surface area contributed by atoms with Gasteiger partial charge in [0.1, 0.15) is 0 Å². The third kappa shape index (κ3) is 4.38. The molecule has 7 nitrogen and oxygen atoms in total. The molecule has 0 bridgehead atoms. The van der Waals surface area contributed by atoms with Crippen LogP contribution in [-0.2, 0) is 6.54 Å². The van der Waals surface area contributed by atoms with Crippen LogP contribution in [0.1, 0.15) is 12.0 Å². The molecule has 4 rings (SSSR count). The Morgan fingerprint density at radius 2 is 1.78 bits per heavy atom. The SMILES string of the molecule is O=C(Nc1ccc2c(c1)OCCCO2)Nc1cnn(Cc2ccccc2)c1. The summed E-state index contributed by atoms with van der Waals surface area (Å²) in [6.45, 7) is 1.88. The molecule has 1 aromatic heterocycles. The van der Waals surface area contributed by atoms with Gasteiger partial charge < -0.3 is 20.1 Å². The van der Waals surface area contributed by atoms with E-state index >= 15 is 0 Å². The quantitative estimate of drug-likeness (QED) is 0.739. The Bertz CT molecular complexity index is 924. The number of rotatable bonds is 4. The Morgan fingerprint density at radius 1 is 1.00 bits per heavy atom. The Morgan fingerprint density at radius 3 is 2.63 bits per heavy atom. The van der Waals surface area contributed by atoms with Gasteiger partial charge in [-0.1, -0.05) is 30.3 Å². The molecule has 0 unspecified atom stereocenters. The molecular weight excluding hydrogens is 344 g/mol. The zero-order chi connectivity index (χ0) is 18.5. The standard InChI is InChI=1S/C20H20N4O3/c25-20(22-16-7-8-18-19(11-16)27-10-4-9-26-18)23-17-12-21-24(14-17)13-15-5-2-1-3-6-15/h1-3,5-8,11-12,14H,4,9-10,13H2,(H2,22,23,25). The van der Waals surface area contributed by atoms with E-state index in [0.717, 1.165) is 12.0 Å². The van der Waals surface area contributed by atoms with Crippen molar-refractivity contribution in [1.29, 1.82) is 0 Å². The maximum atomic E-state index is 12.3. The largest absolute Gasteiger partial charge is 0.490 e. The minimum atomic E-state index is -0.344. The normalized spacial score (nSPS) is 12.9. The van der Waals surface area contributed by atoms with E-state index in [1.807, 2.05) is 30.3 Å². The summed E-state index contributed by atoms with van der Waals surface area (Å²) in [5, 5.41) is 9.86. The van der Waals surface area contributed by atoms with E-state index in [9.17, 15) is 4.79 Å². The van der Waals surface area contributed by atoms with Gasteiger partial charge in [0, 0.05) is 24.4 Å². The van der Waals surface area contributed by atoms with Crippen LogP contribution in [0.2, 0.25) is 0 Å². The molecule has 0 aliphatic carbocycles. The first-order valence-corrected chi connectivity index (χ1v) is 8.80. The van der Waals surface area contributed by atoms with Gasteiger partial charge in [-0.15, -0.1) is 0 Å². The molecule has 2 aromatic carbocycles. The van der Waals surface area contributed by atoms with Gasteiger partial charge >= 0.3 is 6.03 Å². The van der Waals surface area contributed by atoms with Crippen LogP contribution in [0.5, 0.6) is 11.5 Å². The summed E-state index contributed by atoms with van der Waals surface area (Å²) >= 11 is 0. The van der Waals surface area contributed by atoms with Gasteiger partial charge in [-0.05, 0) is 17.7 Å². The van der Waals surface area contributed by atoms with Gasteiger partial charge in [0.2, 0.25) is 0 Å². The molecule has 0 spiro atoms. The van der Waals surface area contributed by atoms with Crippen LogP contribution in [0.25, 0.3) is 0 Å². The van der Waals surface area contributed by atoms with Crippen molar-refractivity contribution in [2.45, 2.75) is 13.0 Å². The number of carbonyl (C=O) groups is 1. The van der Waals surface area contributed by atoms with Crippen LogP contribution >= 0.6 is 0 Å². The summed E-state index contributed by atoms with van der Waals surface area (Å²) in [5.41, 5.74) is 2.40. The molecule has 2 heterocycles. The number of fused-ring (bicyclic) bond motifs is 1. The molecule has 0 radical (unpaired) electrons. The predicted octanol–water partition coefficient (Wildman–Crippen LogP) is 3.74. The lowest BCUT2D eigenvalue weighted by Gasteiger charge is -2.10. The van der Waals surface area contributed by atoms with Crippen LogP contribution in [0.15, 0.2) is 60.9 Å². The maximum absolute atomic E-state index is 12.3. The highest BCUT2D eigenvalue weighted by molar-refractivity contribution is 5.99. The van der Waals surface area contributed by atoms with Crippen LogP contribution in [-0.4, -0.2) is 29.0 Å². The summed E-state index contributed by atoms with van der Waals surface area (Å²) in [7, 11) is 0. The summed E-state index contributed by atoms with van der Waals surface area (Å²) in [4.78, 5) is 12.3. The highest BCUT2D eigenvalue weighted by Gasteiger charge is 2.12. The number of hydrogen-bond donors (Lipinski definition) is 2. The predicted molar refractivity (Wildman–Crippen MR) is 102 cm³/mol. The number of nitrogens with zero attached hydrogens (tertiary/aromatic N) is 2. The average molecular weight is 364 g/mol. The fourth-order valence-corrected chi connectivity index (χ4v) is 2.82. The summed E-state index contributed by atoms with van der Waals surface area (Å²) < 4.78 is 13.0. The Balaban J connectivity index is 1.36. The molecule has 1 aliphatic heterocycles. The number of hydrogen-bond acceptors (Lipinski definition) is 4. The lowest BCUT2D eigenvalue weighted by molar-refractivity contribution is 0.262. The maximum Gasteiger partial charge on any atom is 0.323 e. The second kappa shape index (κ2) is 7.82. The van der Waals surface area contributed by atoms with Gasteiger partial charge in [-0.2, -0.15) is 5.10 Å². The number of anilines is 2. The Labute approximate surface area is 156 Å². The van der Waals surface area contributed by atoms with E-state index in [1.54, 1.807) is 35.3 Å². The second-order valence-corrected chi connectivity index (χ2v) is 6.20. The zero-order valence-electron chi connectivity index (χ0n) is 14.7. The Kier molecular flexibility index (Phi) is 4.91. The fourth-order valence-electron chi connectivity index (χ4n) is 2.82. The average Bonchev–Trinajstić information content (AvgIpc) is 2.96. The second-order valence-electron chi connectivity index (χ2n) is 6.20. The molecule has 138 valence electrons. The Hall–Kier alpha value is -3.48. The van der Waals surface area contributed by atoms with Gasteiger partial charge in [-0.3, -0.25) is 4.68 Å². The van der Waals surface area contributed by atoms with Crippen molar-refractivity contribution in [3.8, 4) is 11.5 Å². The van der Waals surface area contributed by atoms with Crippen LogP contribution in [0.4, 0.5) is 16.2 Å². The molecule has 3 aromatic rings. The van der Waals surface area contributed by atoms with Gasteiger partial charge in [0.15, 0.2) is 11.5 Å². The summed E-state index contributed by atoms with van der Waals surface area (Å²) in [5.74, 6) is 1.33. The first kappa shape index (κ1) is 17.0. The van der Waals surface area contributed by atoms with Crippen molar-refractivity contribution in [2.75, 3.05) is 23.8 Å². The monoisotopic (exact) mass is 364 g/mol. The van der Waals surface area contributed by atoms with Crippen molar-refractivity contribution in [1.82, 2.24) is 9.78 Å². The third-order valence-corrected chi connectivity index (χ3v) is 4.08. The first-order valence-electron chi connectivity index (χ1n) is 8.80. The molecule has 0 fully saturated rings. The lowest BCUT2D eigenvalue weighted by atomic mass is 10.2. The van der Waals surface area contributed by atoms with Crippen molar-refractivity contribution < 1.29 is 14.3 Å². The molecule has 0 saturated heterocycles. The van der Waals surface area contributed by atoms with Crippen LogP contribution < -0.4 is 20.1 Å². The van der Waals surface area contributed by atoms with Crippen LogP contribution in [0.3, 0.4) is 0 Å². The van der Waals surface area contributed by atoms with E-state index in [0.29, 0.717) is 42.6 Å². The minimum absolute atomic E-state index is 0.344. The van der Waals surface area contributed by atoms with E-state index in [2.05, 4.69) is 15.7 Å². The number of ether oxygens (including phenoxy) is 2. The van der Waals surface area contributed by atoms with Gasteiger partial charge in [-0.25, -0.2) is 4.79 Å². The smallest absolute Gasteiger partial charge is 0.323 e. The number of benzene rings is 2. The van der Waals surface area contributed by atoms with E-state index < -0.39 is 0 Å². The highest BCUT2D eigenvalue weighted by atomic mass is 16.5. The van der Waals surface area contributed by atoms with Crippen molar-refractivity contribution in [3.05, 3.63) is 66.5 Å². The number of aromatic nitrogens is 2. The zero-order valence-corrected chi connectivity index (χ0v) is 14.7. The number of nitrogens with one attached hydrogen (secondary N) is 2. The van der Waals surface area contributed by atoms with Gasteiger partial charge in [0.05, 0.1) is 31.6 Å². The number of carbonyl (C=O) groups excluding carboxylic acids is 1. The molecule has 0 atom stereocenters. The molecule has 7 heteroatoms. The lowest BCUT2D eigenvalue weighted by Crippen LogP contribution is -2.19. The third-order valence-electron chi connectivity index (χ3n) is 4.08. The van der Waals surface area contributed by atoms with E-state index in [1.165, 1.54) is 0 Å². The highest BCUT2D eigenvalue weighted by Crippen LogP contribution is 2.32. The van der Waals surface area contributed by atoms with Crippen molar-refractivity contribution >= 4 is 17.4 Å². The summed E-state index contributed by atoms with van der Waals surface area (Å²) in [6, 6.07) is 15.0. The van der Waals surface area contributed by atoms with E-state index in [4.69, 9.17) is 9.47 Å². The fraction of sp³-hybridized carbons (Fsp3) is 0.200. The molecule has 0 saturated carbocycles. The molecule has 2 amide bonds. The van der Waals surface area contributed by atoms with Crippen molar-refractivity contribution in [3.63, 3.8) is 0 Å². The first-order chi connectivity index (χ1) is 13.3. The molecule has 27 heavy (non-hydrogen) atoms. The summed E-state index contributed by atoms with van der Waals surface area (Å²) in [6.07, 6.45) is 4.25. The molecule has 2 N–H and O–H groups in total. The topological polar surface area (TPSA) is 77.4 Å². The number of urea groups is 1. The van der Waals surface area contributed by atoms with E-state index in [-0.39, 0.29) is 6.03 Å². The minimum Gasteiger partial charge on any atom is -0.490 e. The van der Waals surface area contributed by atoms with Gasteiger partial charge in [0.25, 0.3) is 0 Å². The molecule has 1 aliphatic rings. The van der Waals surface area contributed by atoms with Crippen molar-refractivity contribution in [2.24, 2.45) is 0 Å². The molecular formula is C20H20N4O3. The number of amides is 2. The van der Waals surface area contributed by atoms with Crippen LogP contribution in [0, 0.1) is 0 Å².